The van der Waals surface area contributed by atoms with Gasteiger partial charge in [-0.25, -0.2) is 19.7 Å². The van der Waals surface area contributed by atoms with E-state index in [4.69, 9.17) is 0 Å². The van der Waals surface area contributed by atoms with Crippen LogP contribution in [0.4, 0.5) is 16.3 Å². The van der Waals surface area contributed by atoms with E-state index >= 15 is 0 Å². The number of benzene rings is 1. The lowest BCUT2D eigenvalue weighted by Gasteiger charge is -2.10. The molecule has 24 heavy (non-hydrogen) atoms. The summed E-state index contributed by atoms with van der Waals surface area (Å²) < 4.78 is 1.81. The van der Waals surface area contributed by atoms with Gasteiger partial charge in [-0.2, -0.15) is 0 Å². The molecule has 0 saturated carbocycles. The third kappa shape index (κ3) is 3.57. The van der Waals surface area contributed by atoms with Gasteiger partial charge in [0.2, 0.25) is 0 Å². The Balaban J connectivity index is 1.74. The molecule has 0 saturated heterocycles. The molecule has 0 aliphatic rings. The number of carbonyl (C=O) groups excluding carboxylic acids is 1. The molecular formula is C17H18N6O. The number of urea groups is 1. The lowest BCUT2D eigenvalue weighted by Crippen LogP contribution is -2.20. The van der Waals surface area contributed by atoms with E-state index in [0.717, 1.165) is 22.6 Å². The molecular weight excluding hydrogens is 304 g/mol. The minimum absolute atomic E-state index is 0.355. The third-order valence-electron chi connectivity index (χ3n) is 3.45. The molecule has 2 amide bonds. The summed E-state index contributed by atoms with van der Waals surface area (Å²) in [5.41, 5.74) is 2.92. The summed E-state index contributed by atoms with van der Waals surface area (Å²) >= 11 is 0. The number of imidazole rings is 1. The van der Waals surface area contributed by atoms with Crippen molar-refractivity contribution in [2.45, 2.75) is 20.8 Å². The fraction of sp³-hybridized carbons (Fsp3) is 0.176. The minimum atomic E-state index is -0.355. The second kappa shape index (κ2) is 6.49. The van der Waals surface area contributed by atoms with E-state index in [2.05, 4.69) is 25.6 Å². The highest BCUT2D eigenvalue weighted by Crippen LogP contribution is 2.15. The van der Waals surface area contributed by atoms with Gasteiger partial charge in [0, 0.05) is 24.1 Å². The van der Waals surface area contributed by atoms with Gasteiger partial charge >= 0.3 is 6.03 Å². The average molecular weight is 322 g/mol. The van der Waals surface area contributed by atoms with Crippen LogP contribution in [-0.4, -0.2) is 25.6 Å². The van der Waals surface area contributed by atoms with Crippen LogP contribution in [0.3, 0.4) is 0 Å². The summed E-state index contributed by atoms with van der Waals surface area (Å²) in [6.45, 7) is 5.85. The molecule has 2 heterocycles. The van der Waals surface area contributed by atoms with Crippen molar-refractivity contribution in [3.63, 3.8) is 0 Å². The minimum Gasteiger partial charge on any atom is -0.308 e. The van der Waals surface area contributed by atoms with Crippen molar-refractivity contribution < 1.29 is 4.79 Å². The molecule has 2 aromatic heterocycles. The van der Waals surface area contributed by atoms with Gasteiger partial charge in [-0.3, -0.25) is 9.88 Å². The second-order valence-corrected chi connectivity index (χ2v) is 5.56. The molecule has 0 bridgehead atoms. The van der Waals surface area contributed by atoms with E-state index in [-0.39, 0.29) is 6.03 Å². The molecule has 0 aliphatic heterocycles. The zero-order valence-corrected chi connectivity index (χ0v) is 13.7. The highest BCUT2D eigenvalue weighted by Gasteiger charge is 2.08. The molecule has 1 aromatic carbocycles. The lowest BCUT2D eigenvalue weighted by atomic mass is 10.1. The van der Waals surface area contributed by atoms with Crippen molar-refractivity contribution >= 4 is 17.5 Å². The van der Waals surface area contributed by atoms with Gasteiger partial charge in [-0.15, -0.1) is 0 Å². The Kier molecular flexibility index (Phi) is 4.24. The topological polar surface area (TPSA) is 84.7 Å². The summed E-state index contributed by atoms with van der Waals surface area (Å²) in [5.74, 6) is 1.86. The first-order chi connectivity index (χ1) is 11.5. The van der Waals surface area contributed by atoms with E-state index in [1.54, 1.807) is 18.5 Å². The number of nitrogens with zero attached hydrogens (tertiary/aromatic N) is 4. The monoisotopic (exact) mass is 322 g/mol. The number of hydrogen-bond donors (Lipinski definition) is 2. The summed E-state index contributed by atoms with van der Waals surface area (Å²) in [4.78, 5) is 24.6. The van der Waals surface area contributed by atoms with E-state index < -0.39 is 0 Å². The standard InChI is InChI=1S/C17H18N6O/c1-11-6-12(2)8-14(7-11)21-17(24)22-15-9-16(20-10-19-15)23-5-4-18-13(23)3/h4-10H,1-3H3,(H2,19,20,21,22,24). The van der Waals surface area contributed by atoms with Crippen molar-refractivity contribution in [3.05, 3.63) is 59.9 Å². The lowest BCUT2D eigenvalue weighted by molar-refractivity contribution is 0.262. The molecule has 0 spiro atoms. The largest absolute Gasteiger partial charge is 0.324 e. The maximum atomic E-state index is 12.2. The molecule has 0 fully saturated rings. The number of anilines is 2. The smallest absolute Gasteiger partial charge is 0.308 e. The van der Waals surface area contributed by atoms with Gasteiger partial charge in [0.15, 0.2) is 0 Å². The Hall–Kier alpha value is -3.22. The van der Waals surface area contributed by atoms with E-state index in [1.807, 2.05) is 43.5 Å². The van der Waals surface area contributed by atoms with Crippen LogP contribution in [0.5, 0.6) is 0 Å². The first-order valence-corrected chi connectivity index (χ1v) is 7.50. The quantitative estimate of drug-likeness (QED) is 0.775. The van der Waals surface area contributed by atoms with Gasteiger partial charge in [0.25, 0.3) is 0 Å². The van der Waals surface area contributed by atoms with Crippen LogP contribution in [0.25, 0.3) is 5.82 Å². The van der Waals surface area contributed by atoms with E-state index in [0.29, 0.717) is 11.6 Å². The van der Waals surface area contributed by atoms with Gasteiger partial charge in [0.05, 0.1) is 0 Å². The Morgan fingerprint density at radius 2 is 1.71 bits per heavy atom. The maximum absolute atomic E-state index is 12.2. The molecule has 3 rings (SSSR count). The van der Waals surface area contributed by atoms with Gasteiger partial charge in [0.1, 0.15) is 23.8 Å². The van der Waals surface area contributed by atoms with Gasteiger partial charge in [-0.05, 0) is 44.0 Å². The van der Waals surface area contributed by atoms with Crippen molar-refractivity contribution in [1.82, 2.24) is 19.5 Å². The number of nitrogens with one attached hydrogen (secondary N) is 2. The number of hydrogen-bond acceptors (Lipinski definition) is 4. The predicted molar refractivity (Wildman–Crippen MR) is 92.4 cm³/mol. The Morgan fingerprint density at radius 3 is 2.38 bits per heavy atom. The van der Waals surface area contributed by atoms with Crippen LogP contribution >= 0.6 is 0 Å². The van der Waals surface area contributed by atoms with Crippen LogP contribution in [0.15, 0.2) is 43.0 Å². The Bertz CT molecular complexity index is 866. The predicted octanol–water partition coefficient (Wildman–Crippen LogP) is 3.23. The summed E-state index contributed by atoms with van der Waals surface area (Å²) in [6, 6.07) is 7.20. The van der Waals surface area contributed by atoms with Crippen molar-refractivity contribution in [3.8, 4) is 5.82 Å². The summed E-state index contributed by atoms with van der Waals surface area (Å²) in [5, 5.41) is 5.52. The van der Waals surface area contributed by atoms with E-state index in [1.165, 1.54) is 6.33 Å². The van der Waals surface area contributed by atoms with Gasteiger partial charge < -0.3 is 5.32 Å². The van der Waals surface area contributed by atoms with Crippen molar-refractivity contribution in [1.29, 1.82) is 0 Å². The number of rotatable bonds is 3. The van der Waals surface area contributed by atoms with Crippen LogP contribution < -0.4 is 10.6 Å². The average Bonchev–Trinajstić information content (AvgIpc) is 2.92. The first kappa shape index (κ1) is 15.7. The Labute approximate surface area is 139 Å². The van der Waals surface area contributed by atoms with Crippen molar-refractivity contribution in [2.75, 3.05) is 10.6 Å². The number of amides is 2. The van der Waals surface area contributed by atoms with E-state index in [9.17, 15) is 4.79 Å². The summed E-state index contributed by atoms with van der Waals surface area (Å²) in [6.07, 6.45) is 4.90. The molecule has 7 nitrogen and oxygen atoms in total. The maximum Gasteiger partial charge on any atom is 0.324 e. The molecule has 0 aliphatic carbocycles. The molecule has 0 radical (unpaired) electrons. The zero-order valence-electron chi connectivity index (χ0n) is 13.7. The summed E-state index contributed by atoms with van der Waals surface area (Å²) in [7, 11) is 0. The zero-order chi connectivity index (χ0) is 17.1. The van der Waals surface area contributed by atoms with Crippen LogP contribution in [0.1, 0.15) is 17.0 Å². The highest BCUT2D eigenvalue weighted by molar-refractivity contribution is 5.99. The van der Waals surface area contributed by atoms with Gasteiger partial charge in [-0.1, -0.05) is 6.07 Å². The normalized spacial score (nSPS) is 10.5. The molecule has 2 N–H and O–H groups in total. The number of aryl methyl sites for hydroxylation is 3. The number of aromatic nitrogens is 4. The second-order valence-electron chi connectivity index (χ2n) is 5.56. The fourth-order valence-corrected chi connectivity index (χ4v) is 2.49. The SMILES string of the molecule is Cc1cc(C)cc(NC(=O)Nc2cc(-n3ccnc3C)ncn2)c1. The first-order valence-electron chi connectivity index (χ1n) is 7.50. The molecule has 0 atom stereocenters. The molecule has 3 aromatic rings. The highest BCUT2D eigenvalue weighted by atomic mass is 16.2. The fourth-order valence-electron chi connectivity index (χ4n) is 2.49. The van der Waals surface area contributed by atoms with Crippen LogP contribution in [-0.2, 0) is 0 Å². The molecule has 0 unspecified atom stereocenters. The number of carbonyl (C=O) groups is 1. The molecule has 122 valence electrons. The molecule has 7 heteroatoms. The van der Waals surface area contributed by atoms with Crippen LogP contribution in [0.2, 0.25) is 0 Å². The van der Waals surface area contributed by atoms with Crippen LogP contribution in [0, 0.1) is 20.8 Å². The Morgan fingerprint density at radius 1 is 0.958 bits per heavy atom. The van der Waals surface area contributed by atoms with Crippen molar-refractivity contribution in [2.24, 2.45) is 0 Å². The third-order valence-corrected chi connectivity index (χ3v) is 3.45.